The number of ether oxygens (including phenoxy) is 1. The van der Waals surface area contributed by atoms with Crippen molar-refractivity contribution >= 4 is 26.8 Å². The van der Waals surface area contributed by atoms with Gasteiger partial charge in [-0.15, -0.1) is 0 Å². The van der Waals surface area contributed by atoms with Gasteiger partial charge in [-0.25, -0.2) is 13.2 Å². The number of carboxylic acid groups (broad SMARTS) is 1. The van der Waals surface area contributed by atoms with Crippen molar-refractivity contribution in [3.63, 3.8) is 0 Å². The summed E-state index contributed by atoms with van der Waals surface area (Å²) in [6.45, 7) is -0.479. The van der Waals surface area contributed by atoms with Gasteiger partial charge in [-0.05, 0) is 31.7 Å². The maximum Gasteiger partial charge on any atom is 0.341 e. The molecule has 0 atom stereocenters. The van der Waals surface area contributed by atoms with Crippen molar-refractivity contribution in [2.45, 2.75) is 35.2 Å². The summed E-state index contributed by atoms with van der Waals surface area (Å²) >= 11 is 0. The fraction of sp³-hybridized carbons (Fsp3) is 0.500. The minimum atomic E-state index is -3.56. The van der Waals surface area contributed by atoms with Crippen LogP contribution in [0.25, 0.3) is 11.0 Å². The van der Waals surface area contributed by atoms with E-state index < -0.39 is 36.4 Å². The lowest BCUT2D eigenvalue weighted by molar-refractivity contribution is 0.0694. The number of rotatable bonds is 7. The van der Waals surface area contributed by atoms with Crippen LogP contribution < -0.4 is 10.3 Å². The minimum Gasteiger partial charge on any atom is -0.490 e. The molecule has 28 heavy (non-hydrogen) atoms. The second kappa shape index (κ2) is 6.02. The normalized spacial score (nSPS) is 19.4. The second-order valence-electron chi connectivity index (χ2n) is 7.59. The van der Waals surface area contributed by atoms with E-state index in [-0.39, 0.29) is 24.5 Å². The summed E-state index contributed by atoms with van der Waals surface area (Å²) < 4.78 is 30.9. The zero-order valence-corrected chi connectivity index (χ0v) is 16.0. The fourth-order valence-corrected chi connectivity index (χ4v) is 6.18. The Balaban J connectivity index is 1.69. The lowest BCUT2D eigenvalue weighted by Crippen LogP contribution is -2.41. The summed E-state index contributed by atoms with van der Waals surface area (Å²) in [6.07, 6.45) is 3.25. The highest BCUT2D eigenvalue weighted by Crippen LogP contribution is 2.56. The number of hydrogen-bond acceptors (Lipinski definition) is 7. The Morgan fingerprint density at radius 2 is 1.93 bits per heavy atom. The van der Waals surface area contributed by atoms with E-state index in [0.717, 1.165) is 4.57 Å². The van der Waals surface area contributed by atoms with Crippen molar-refractivity contribution in [3.05, 3.63) is 34.2 Å². The van der Waals surface area contributed by atoms with E-state index in [1.165, 1.54) is 25.4 Å². The van der Waals surface area contributed by atoms with Gasteiger partial charge in [0.15, 0.2) is 9.84 Å². The Morgan fingerprint density at radius 1 is 1.29 bits per heavy atom. The van der Waals surface area contributed by atoms with E-state index in [2.05, 4.69) is 4.98 Å². The zero-order chi connectivity index (χ0) is 20.3. The molecule has 150 valence electrons. The number of sulfone groups is 1. The molecule has 0 aromatic carbocycles. The van der Waals surface area contributed by atoms with E-state index >= 15 is 0 Å². The summed E-state index contributed by atoms with van der Waals surface area (Å²) in [5, 5.41) is 18.7. The van der Waals surface area contributed by atoms with E-state index in [9.17, 15) is 28.2 Å². The molecular weight excluding hydrogens is 388 g/mol. The maximum atomic E-state index is 13.0. The topological polar surface area (TPSA) is 136 Å². The molecule has 4 rings (SSSR count). The van der Waals surface area contributed by atoms with Crippen LogP contribution >= 0.6 is 0 Å². The van der Waals surface area contributed by atoms with Crippen molar-refractivity contribution < 1.29 is 28.2 Å². The first-order valence-corrected chi connectivity index (χ1v) is 10.4. The van der Waals surface area contributed by atoms with Crippen molar-refractivity contribution in [2.24, 2.45) is 7.05 Å². The first kappa shape index (κ1) is 18.9. The molecule has 0 saturated heterocycles. The third-order valence-corrected chi connectivity index (χ3v) is 9.18. The smallest absolute Gasteiger partial charge is 0.341 e. The van der Waals surface area contributed by atoms with Crippen LogP contribution in [0.3, 0.4) is 0 Å². The van der Waals surface area contributed by atoms with E-state index in [0.29, 0.717) is 31.2 Å². The SMILES string of the molecule is Cn1c(=O)c(C(=O)O)cc2nccc(OCC3(S(=O)(=O)C4(CO)CC4)CC3)c21. The van der Waals surface area contributed by atoms with E-state index in [1.54, 1.807) is 0 Å². The molecule has 0 amide bonds. The first-order valence-electron chi connectivity index (χ1n) is 8.88. The molecule has 2 fully saturated rings. The first-order chi connectivity index (χ1) is 13.2. The number of hydrogen-bond donors (Lipinski definition) is 2. The highest BCUT2D eigenvalue weighted by molar-refractivity contribution is 7.94. The number of fused-ring (bicyclic) bond motifs is 1. The van der Waals surface area contributed by atoms with Gasteiger partial charge in [0.1, 0.15) is 28.2 Å². The summed E-state index contributed by atoms with van der Waals surface area (Å²) in [6, 6.07) is 2.70. The van der Waals surface area contributed by atoms with E-state index in [4.69, 9.17) is 4.74 Å². The van der Waals surface area contributed by atoms with Crippen LogP contribution in [0.2, 0.25) is 0 Å². The van der Waals surface area contributed by atoms with Crippen molar-refractivity contribution in [2.75, 3.05) is 13.2 Å². The molecule has 0 bridgehead atoms. The highest BCUT2D eigenvalue weighted by atomic mass is 32.2. The molecule has 0 radical (unpaired) electrons. The zero-order valence-electron chi connectivity index (χ0n) is 15.2. The maximum absolute atomic E-state index is 13.0. The van der Waals surface area contributed by atoms with Crippen LogP contribution in [0.4, 0.5) is 0 Å². The van der Waals surface area contributed by atoms with Crippen molar-refractivity contribution in [3.8, 4) is 5.75 Å². The predicted octanol–water partition coefficient (Wildman–Crippen LogP) is 0.483. The average molecular weight is 408 g/mol. The van der Waals surface area contributed by atoms with Gasteiger partial charge >= 0.3 is 5.97 Å². The molecule has 9 nitrogen and oxygen atoms in total. The molecule has 10 heteroatoms. The van der Waals surface area contributed by atoms with Gasteiger partial charge in [0.25, 0.3) is 5.56 Å². The number of nitrogens with zero attached hydrogens (tertiary/aromatic N) is 2. The standard InChI is InChI=1S/C18H20N2O7S/c1-20-14-12(8-11(15(20)22)16(23)24)19-7-2-13(14)27-10-18(5-6-18)28(25,26)17(9-21)3-4-17/h2,7-8,21H,3-6,9-10H2,1H3,(H,23,24). The molecule has 2 N–H and O–H groups in total. The molecule has 2 saturated carbocycles. The van der Waals surface area contributed by atoms with Crippen LogP contribution in [0, 0.1) is 0 Å². The van der Waals surface area contributed by atoms with Gasteiger partial charge in [0.05, 0.1) is 16.9 Å². The minimum absolute atomic E-state index is 0.0922. The summed E-state index contributed by atoms with van der Waals surface area (Å²) in [5.74, 6) is -1.09. The quantitative estimate of drug-likeness (QED) is 0.675. The van der Waals surface area contributed by atoms with Crippen LogP contribution in [0.15, 0.2) is 23.1 Å². The number of aromatic nitrogens is 2. The largest absolute Gasteiger partial charge is 0.490 e. The molecule has 2 aromatic heterocycles. The Morgan fingerprint density at radius 3 is 2.46 bits per heavy atom. The molecule has 2 aromatic rings. The lowest BCUT2D eigenvalue weighted by atomic mass is 10.2. The number of aryl methyl sites for hydroxylation is 1. The molecule has 2 aliphatic carbocycles. The van der Waals surface area contributed by atoms with Crippen molar-refractivity contribution in [1.82, 2.24) is 9.55 Å². The number of carbonyl (C=O) groups is 1. The summed E-state index contributed by atoms with van der Waals surface area (Å²) in [7, 11) is -2.15. The third-order valence-electron chi connectivity index (χ3n) is 5.83. The highest BCUT2D eigenvalue weighted by Gasteiger charge is 2.67. The van der Waals surface area contributed by atoms with Gasteiger partial charge < -0.3 is 19.5 Å². The number of aliphatic hydroxyl groups excluding tert-OH is 1. The lowest BCUT2D eigenvalue weighted by Gasteiger charge is -2.23. The molecule has 2 aliphatic rings. The number of pyridine rings is 2. The Kier molecular flexibility index (Phi) is 4.06. The van der Waals surface area contributed by atoms with Crippen LogP contribution in [-0.4, -0.2) is 56.9 Å². The molecule has 0 unspecified atom stereocenters. The predicted molar refractivity (Wildman–Crippen MR) is 99.4 cm³/mol. The van der Waals surface area contributed by atoms with Gasteiger partial charge in [0.2, 0.25) is 0 Å². The Bertz CT molecular complexity index is 1140. The number of aromatic carboxylic acids is 1. The van der Waals surface area contributed by atoms with Crippen LogP contribution in [-0.2, 0) is 16.9 Å². The van der Waals surface area contributed by atoms with Gasteiger partial charge in [-0.1, -0.05) is 0 Å². The number of aliphatic hydroxyl groups is 1. The van der Waals surface area contributed by atoms with Crippen LogP contribution in [0.1, 0.15) is 36.0 Å². The second-order valence-corrected chi connectivity index (χ2v) is 10.3. The Hall–Kier alpha value is -2.46. The van der Waals surface area contributed by atoms with Crippen molar-refractivity contribution in [1.29, 1.82) is 0 Å². The van der Waals surface area contributed by atoms with Gasteiger partial charge in [0, 0.05) is 19.3 Å². The monoisotopic (exact) mass is 408 g/mol. The van der Waals surface area contributed by atoms with Crippen LogP contribution in [0.5, 0.6) is 5.75 Å². The molecular formula is C18H20N2O7S. The third kappa shape index (κ3) is 2.55. The fourth-order valence-electron chi connectivity index (χ4n) is 3.59. The summed E-state index contributed by atoms with van der Waals surface area (Å²) in [4.78, 5) is 27.7. The molecule has 2 heterocycles. The average Bonchev–Trinajstić information content (AvgIpc) is 3.56. The Labute approximate surface area is 160 Å². The van der Waals surface area contributed by atoms with E-state index in [1.807, 2.05) is 0 Å². The van der Waals surface area contributed by atoms with Gasteiger partial charge in [-0.3, -0.25) is 9.78 Å². The van der Waals surface area contributed by atoms with Gasteiger partial charge in [-0.2, -0.15) is 0 Å². The molecule has 0 aliphatic heterocycles. The molecule has 0 spiro atoms. The summed E-state index contributed by atoms with van der Waals surface area (Å²) in [5.41, 5.74) is -0.545. The number of carboxylic acids is 1.